The quantitative estimate of drug-likeness (QED) is 0.400. The number of anilines is 1. The molecule has 0 aliphatic carbocycles. The van der Waals surface area contributed by atoms with Crippen molar-refractivity contribution in [3.8, 4) is 0 Å². The van der Waals surface area contributed by atoms with Gasteiger partial charge in [0.1, 0.15) is 6.61 Å². The number of hydrogen-bond donors (Lipinski definition) is 3. The number of ether oxygens (including phenoxy) is 1. The Hall–Kier alpha value is -0.610. The molecular formula is C15H15I3N2O5. The van der Waals surface area contributed by atoms with Gasteiger partial charge in [-0.2, -0.15) is 0 Å². The molecule has 1 heterocycles. The summed E-state index contributed by atoms with van der Waals surface area (Å²) in [6.45, 7) is -0.144. The average Bonchev–Trinajstić information content (AvgIpc) is 2.61. The van der Waals surface area contributed by atoms with Crippen LogP contribution in [0.5, 0.6) is 0 Å². The number of carboxylic acids is 1. The first kappa shape index (κ1) is 20.7. The Balaban J connectivity index is 2.67. The van der Waals surface area contributed by atoms with Crippen LogP contribution < -0.4 is 10.6 Å². The minimum Gasteiger partial charge on any atom is -0.478 e. The second-order valence-corrected chi connectivity index (χ2v) is 18.0. The van der Waals surface area contributed by atoms with Crippen LogP contribution in [-0.4, -0.2) is 49.2 Å². The van der Waals surface area contributed by atoms with Crippen LogP contribution in [-0.2, 0) is 9.53 Å². The average molecular weight is 684 g/mol. The first-order chi connectivity index (χ1) is 12.0. The molecule has 1 aliphatic heterocycles. The van der Waals surface area contributed by atoms with Gasteiger partial charge < -0.3 is 20.5 Å². The fourth-order valence-corrected chi connectivity index (χ4v) is 23.5. The van der Waals surface area contributed by atoms with E-state index in [1.165, 1.54) is 26.3 Å². The largest absolute Gasteiger partial charge is 0.478 e. The third-order valence-corrected chi connectivity index (χ3v) is 16.1. The lowest BCUT2D eigenvalue weighted by molar-refractivity contribution is -0.119. The molecule has 0 spiro atoms. The van der Waals surface area contributed by atoms with Gasteiger partial charge in [0.25, 0.3) is 5.91 Å². The summed E-state index contributed by atoms with van der Waals surface area (Å²) in [5.74, 6) is -1.90. The molecule has 1 aliphatic rings. The first-order valence-electron chi connectivity index (χ1n) is 6.79. The molecule has 10 heteroatoms. The molecule has 0 fully saturated rings. The van der Waals surface area contributed by atoms with Crippen LogP contribution in [0.3, 0.4) is 0 Å². The van der Waals surface area contributed by atoms with Gasteiger partial charge in [-0.1, -0.05) is 62.2 Å². The normalized spacial score (nSPS) is 13.4. The van der Waals surface area contributed by atoms with Gasteiger partial charge in [-0.3, -0.25) is 9.59 Å². The van der Waals surface area contributed by atoms with E-state index in [1.54, 1.807) is 0 Å². The van der Waals surface area contributed by atoms with E-state index in [2.05, 4.69) is 14.7 Å². The number of amides is 2. The Labute approximate surface area is 174 Å². The van der Waals surface area contributed by atoms with Gasteiger partial charge in [0.05, 0.1) is 12.8 Å². The van der Waals surface area contributed by atoms with Gasteiger partial charge in [0.2, 0.25) is 5.91 Å². The summed E-state index contributed by atoms with van der Waals surface area (Å²) in [4.78, 5) is 35.8. The fourth-order valence-electron chi connectivity index (χ4n) is 1.98. The molecule has 1 aromatic rings. The standard InChI is InChI=1S/C15H15I3N2O5/c1-19-14(22)8-3-9(15(23)24)12(13-17-6-16-7-18-13)10(4-8)20-11(21)5-25-2/h3-4,6-7H,5H2,1-2H3,(H,19,22)(H,20,21)(H,23,24). The van der Waals surface area contributed by atoms with E-state index in [0.29, 0.717) is 11.3 Å². The van der Waals surface area contributed by atoms with Gasteiger partial charge in [0, 0.05) is 29.3 Å². The maximum Gasteiger partial charge on any atom is 0.336 e. The Kier molecular flexibility index (Phi) is 8.21. The number of methoxy groups -OCH3 is 1. The fraction of sp³-hybridized carbons (Fsp3) is 0.200. The van der Waals surface area contributed by atoms with E-state index in [-0.39, 0.29) is 85.8 Å². The van der Waals surface area contributed by atoms with Gasteiger partial charge >= 0.3 is 5.97 Å². The van der Waals surface area contributed by atoms with E-state index in [9.17, 15) is 19.5 Å². The van der Waals surface area contributed by atoms with Gasteiger partial charge in [0.15, 0.2) is 0 Å². The second kappa shape index (κ2) is 9.91. The number of hydrogen-bond acceptors (Lipinski definition) is 4. The van der Waals surface area contributed by atoms with E-state index in [0.717, 1.165) is 1.52 Å². The lowest BCUT2D eigenvalue weighted by atomic mass is 10.0. The molecule has 0 aromatic heterocycles. The summed E-state index contributed by atoms with van der Waals surface area (Å²) in [6, 6.07) is 2.92. The zero-order chi connectivity index (χ0) is 18.4. The van der Waals surface area contributed by atoms with Gasteiger partial charge in [-0.15, -0.1) is 0 Å². The van der Waals surface area contributed by atoms with Crippen molar-refractivity contribution in [3.05, 3.63) is 28.8 Å². The molecular weight excluding hydrogens is 669 g/mol. The van der Waals surface area contributed by atoms with Crippen LogP contribution >= 0.6 is 62.2 Å². The maximum absolute atomic E-state index is 12.0. The molecule has 0 saturated carbocycles. The number of halogens is 3. The topological polar surface area (TPSA) is 105 Å². The van der Waals surface area contributed by atoms with Crippen LogP contribution in [0.25, 0.3) is 0 Å². The van der Waals surface area contributed by atoms with Crippen molar-refractivity contribution >= 4 is 91.2 Å². The highest BCUT2D eigenvalue weighted by molar-refractivity contribution is 14.3. The Morgan fingerprint density at radius 1 is 1.24 bits per heavy atom. The summed E-state index contributed by atoms with van der Waals surface area (Å²) in [5.41, 5.74) is 1.20. The van der Waals surface area contributed by atoms with Crippen LogP contribution in [0.4, 0.5) is 5.69 Å². The number of carboxylic acid groups (broad SMARTS) is 1. The van der Waals surface area contributed by atoms with Gasteiger partial charge in [-0.25, -0.2) is 4.79 Å². The summed E-state index contributed by atoms with van der Waals surface area (Å²) in [6.07, 6.45) is 0. The first-order valence-corrected chi connectivity index (χ1v) is 13.9. The van der Waals surface area contributed by atoms with Crippen LogP contribution in [0.1, 0.15) is 26.3 Å². The highest BCUT2D eigenvalue weighted by Crippen LogP contribution is 2.33. The zero-order valence-corrected chi connectivity index (χ0v) is 19.7. The second-order valence-electron chi connectivity index (χ2n) is 4.58. The van der Waals surface area contributed by atoms with Gasteiger partial charge in [-0.05, 0) is 12.1 Å². The van der Waals surface area contributed by atoms with E-state index >= 15 is 0 Å². The van der Waals surface area contributed by atoms with Crippen molar-refractivity contribution in [2.24, 2.45) is 0 Å². The lowest BCUT2D eigenvalue weighted by Gasteiger charge is -2.16. The number of benzene rings is 1. The number of nitrogens with one attached hydrogen (secondary N) is 2. The predicted molar refractivity (Wildman–Crippen MR) is 126 cm³/mol. The van der Waals surface area contributed by atoms with E-state index in [1.807, 2.05) is 0 Å². The Bertz CT molecular complexity index is 818. The van der Waals surface area contributed by atoms with Crippen molar-refractivity contribution in [2.45, 2.75) is 0 Å². The summed E-state index contributed by atoms with van der Waals surface area (Å²) >= 11 is -0.657. The molecule has 25 heavy (non-hydrogen) atoms. The molecule has 0 radical (unpaired) electrons. The molecule has 136 valence electrons. The summed E-state index contributed by atoms with van der Waals surface area (Å²) < 4.78 is 10.5. The molecule has 7 nitrogen and oxygen atoms in total. The smallest absolute Gasteiger partial charge is 0.336 e. The molecule has 0 atom stereocenters. The Morgan fingerprint density at radius 2 is 2.00 bits per heavy atom. The summed E-state index contributed by atoms with van der Waals surface area (Å²) in [7, 11) is 2.88. The van der Waals surface area contributed by atoms with Crippen LogP contribution in [0, 0.1) is 0 Å². The molecule has 0 bridgehead atoms. The molecule has 2 amide bonds. The van der Waals surface area contributed by atoms with E-state index in [4.69, 9.17) is 4.74 Å². The number of carbonyl (C=O) groups is 3. The lowest BCUT2D eigenvalue weighted by Crippen LogP contribution is -2.23. The predicted octanol–water partition coefficient (Wildman–Crippen LogP) is 2.25. The highest BCUT2D eigenvalue weighted by Gasteiger charge is 2.22. The van der Waals surface area contributed by atoms with Crippen LogP contribution in [0.2, 0.25) is 0 Å². The third kappa shape index (κ3) is 5.43. The molecule has 1 aromatic carbocycles. The monoisotopic (exact) mass is 684 g/mol. The number of aromatic carboxylic acids is 1. The van der Waals surface area contributed by atoms with Crippen molar-refractivity contribution in [1.29, 1.82) is 0 Å². The molecule has 2 rings (SSSR count). The van der Waals surface area contributed by atoms with E-state index < -0.39 is 11.9 Å². The zero-order valence-electron chi connectivity index (χ0n) is 13.2. The molecule has 0 unspecified atom stereocenters. The van der Waals surface area contributed by atoms with Crippen molar-refractivity contribution in [2.75, 3.05) is 26.1 Å². The van der Waals surface area contributed by atoms with Crippen LogP contribution in [0.15, 0.2) is 12.1 Å². The third-order valence-electron chi connectivity index (χ3n) is 2.97. The molecule has 0 saturated heterocycles. The number of rotatable bonds is 6. The molecule has 3 N–H and O–H groups in total. The highest BCUT2D eigenvalue weighted by atomic mass is 127. The SMILES string of the molecule is CNC(=O)c1cc(NC(=O)COC)c(C2=IC=IC=I2)c(C(=O)O)c1. The van der Waals surface area contributed by atoms with Crippen molar-refractivity contribution < 1.29 is 24.2 Å². The Morgan fingerprint density at radius 3 is 2.56 bits per heavy atom. The van der Waals surface area contributed by atoms with Crippen molar-refractivity contribution in [3.63, 3.8) is 0 Å². The minimum absolute atomic E-state index is 0.0250. The van der Waals surface area contributed by atoms with Crippen molar-refractivity contribution in [1.82, 2.24) is 5.32 Å². The summed E-state index contributed by atoms with van der Waals surface area (Å²) in [5, 5.41) is 14.9. The number of carbonyl (C=O) groups excluding carboxylic acids is 2. The maximum atomic E-state index is 12.0. The minimum atomic E-state index is -1.11.